The molecule has 26 heavy (non-hydrogen) atoms. The monoisotopic (exact) mass is 353 g/mol. The van der Waals surface area contributed by atoms with Crippen molar-refractivity contribution in [3.8, 4) is 11.3 Å². The molecule has 7 heteroatoms. The average molecular weight is 353 g/mol. The summed E-state index contributed by atoms with van der Waals surface area (Å²) in [7, 11) is 1.86. The second-order valence-electron chi connectivity index (χ2n) is 6.80. The van der Waals surface area contributed by atoms with E-state index in [1.165, 1.54) is 0 Å². The van der Waals surface area contributed by atoms with E-state index in [9.17, 15) is 9.18 Å². The number of carbonyl (C=O) groups is 1. The second kappa shape index (κ2) is 6.92. The highest BCUT2D eigenvalue weighted by atomic mass is 19.1. The van der Waals surface area contributed by atoms with Gasteiger partial charge in [0.15, 0.2) is 5.78 Å². The largest absolute Gasteiger partial charge is 0.298 e. The van der Waals surface area contributed by atoms with Crippen LogP contribution in [0, 0.1) is 0 Å². The standard InChI is InChI=1S/C19H20FN5O/c1-24-10-14(9-22-24)18-3-2-13-8-21-16(7-19(13)23-18)6-17(26)12-25-5-4-15(20)11-25/h2-3,7-10,15H,4-6,11-12H2,1H3/t15-/m1/s1. The molecule has 0 radical (unpaired) electrons. The van der Waals surface area contributed by atoms with E-state index in [1.807, 2.05) is 36.3 Å². The third-order valence-electron chi connectivity index (χ3n) is 4.62. The Morgan fingerprint density at radius 2 is 2.23 bits per heavy atom. The molecular weight excluding hydrogens is 333 g/mol. The molecule has 1 saturated heterocycles. The summed E-state index contributed by atoms with van der Waals surface area (Å²) in [4.78, 5) is 23.2. The lowest BCUT2D eigenvalue weighted by Crippen LogP contribution is -2.29. The Morgan fingerprint density at radius 1 is 1.35 bits per heavy atom. The van der Waals surface area contributed by atoms with Gasteiger partial charge in [-0.3, -0.25) is 19.4 Å². The summed E-state index contributed by atoms with van der Waals surface area (Å²) in [5.74, 6) is 0.0503. The zero-order valence-electron chi connectivity index (χ0n) is 14.6. The van der Waals surface area contributed by atoms with Crippen molar-refractivity contribution in [1.29, 1.82) is 0 Å². The lowest BCUT2D eigenvalue weighted by molar-refractivity contribution is -0.119. The summed E-state index contributed by atoms with van der Waals surface area (Å²) in [5.41, 5.74) is 3.27. The van der Waals surface area contributed by atoms with Crippen LogP contribution in [0.1, 0.15) is 12.1 Å². The molecule has 0 unspecified atom stereocenters. The fourth-order valence-electron chi connectivity index (χ4n) is 3.31. The summed E-state index contributed by atoms with van der Waals surface area (Å²) in [6.07, 6.45) is 5.37. The number of Topliss-reactive ketones (excluding diaryl/α,β-unsaturated/α-hetero) is 1. The molecule has 134 valence electrons. The topological polar surface area (TPSA) is 63.9 Å². The van der Waals surface area contributed by atoms with Crippen molar-refractivity contribution in [3.05, 3.63) is 42.5 Å². The molecular formula is C19H20FN5O. The van der Waals surface area contributed by atoms with Crippen molar-refractivity contribution in [2.24, 2.45) is 7.05 Å². The average Bonchev–Trinajstić information content (AvgIpc) is 3.22. The number of ketones is 1. The number of hydrogen-bond donors (Lipinski definition) is 0. The van der Waals surface area contributed by atoms with E-state index in [2.05, 4.69) is 15.1 Å². The van der Waals surface area contributed by atoms with Gasteiger partial charge in [-0.25, -0.2) is 9.37 Å². The highest BCUT2D eigenvalue weighted by Gasteiger charge is 2.23. The molecule has 3 aromatic rings. The number of likely N-dealkylation sites (tertiary alicyclic amines) is 1. The van der Waals surface area contributed by atoms with Gasteiger partial charge in [0, 0.05) is 49.2 Å². The number of hydrogen-bond acceptors (Lipinski definition) is 5. The minimum Gasteiger partial charge on any atom is -0.298 e. The van der Waals surface area contributed by atoms with Crippen LogP contribution in [0.5, 0.6) is 0 Å². The molecule has 1 atom stereocenters. The number of rotatable bonds is 5. The number of fused-ring (bicyclic) bond motifs is 1. The first-order valence-electron chi connectivity index (χ1n) is 8.69. The Bertz CT molecular complexity index is 954. The third kappa shape index (κ3) is 3.62. The van der Waals surface area contributed by atoms with E-state index in [0.717, 1.165) is 22.2 Å². The van der Waals surface area contributed by atoms with E-state index >= 15 is 0 Å². The van der Waals surface area contributed by atoms with Gasteiger partial charge in [-0.2, -0.15) is 5.10 Å². The fourth-order valence-corrected chi connectivity index (χ4v) is 3.31. The number of nitrogens with zero attached hydrogens (tertiary/aromatic N) is 5. The lowest BCUT2D eigenvalue weighted by Gasteiger charge is -2.13. The number of carbonyl (C=O) groups excluding carboxylic acids is 1. The van der Waals surface area contributed by atoms with E-state index in [4.69, 9.17) is 0 Å². The van der Waals surface area contributed by atoms with E-state index < -0.39 is 6.17 Å². The van der Waals surface area contributed by atoms with Gasteiger partial charge in [0.1, 0.15) is 6.17 Å². The summed E-state index contributed by atoms with van der Waals surface area (Å²) in [5, 5.41) is 5.10. The Morgan fingerprint density at radius 3 is 2.96 bits per heavy atom. The lowest BCUT2D eigenvalue weighted by atomic mass is 10.1. The van der Waals surface area contributed by atoms with Gasteiger partial charge < -0.3 is 0 Å². The van der Waals surface area contributed by atoms with Crippen LogP contribution in [-0.4, -0.2) is 56.2 Å². The molecule has 4 heterocycles. The van der Waals surface area contributed by atoms with E-state index in [0.29, 0.717) is 25.2 Å². The molecule has 1 fully saturated rings. The van der Waals surface area contributed by atoms with Crippen LogP contribution in [-0.2, 0) is 18.3 Å². The van der Waals surface area contributed by atoms with Crippen molar-refractivity contribution >= 4 is 16.7 Å². The van der Waals surface area contributed by atoms with Gasteiger partial charge in [0.25, 0.3) is 0 Å². The van der Waals surface area contributed by atoms with Gasteiger partial charge in [0.05, 0.1) is 30.4 Å². The molecule has 6 nitrogen and oxygen atoms in total. The van der Waals surface area contributed by atoms with Crippen LogP contribution in [0.25, 0.3) is 22.2 Å². The zero-order chi connectivity index (χ0) is 18.1. The number of alkyl halides is 1. The van der Waals surface area contributed by atoms with Crippen LogP contribution in [0.3, 0.4) is 0 Å². The third-order valence-corrected chi connectivity index (χ3v) is 4.62. The highest BCUT2D eigenvalue weighted by Crippen LogP contribution is 2.20. The Kier molecular flexibility index (Phi) is 4.46. The molecule has 0 aliphatic carbocycles. The Labute approximate surface area is 150 Å². The normalized spacial score (nSPS) is 17.8. The van der Waals surface area contributed by atoms with Gasteiger partial charge in [-0.1, -0.05) is 0 Å². The molecule has 0 spiro atoms. The van der Waals surface area contributed by atoms with Crippen LogP contribution in [0.4, 0.5) is 4.39 Å². The zero-order valence-corrected chi connectivity index (χ0v) is 14.6. The highest BCUT2D eigenvalue weighted by molar-refractivity contribution is 5.85. The summed E-state index contributed by atoms with van der Waals surface area (Å²) in [6.45, 7) is 1.28. The summed E-state index contributed by atoms with van der Waals surface area (Å²) < 4.78 is 15.0. The first kappa shape index (κ1) is 16.8. The number of aryl methyl sites for hydroxylation is 1. The van der Waals surface area contributed by atoms with Gasteiger partial charge in [-0.15, -0.1) is 0 Å². The molecule has 1 aliphatic heterocycles. The van der Waals surface area contributed by atoms with Crippen molar-refractivity contribution in [2.75, 3.05) is 19.6 Å². The van der Waals surface area contributed by atoms with Crippen molar-refractivity contribution in [2.45, 2.75) is 19.0 Å². The van der Waals surface area contributed by atoms with Crippen molar-refractivity contribution in [3.63, 3.8) is 0 Å². The molecule has 0 bridgehead atoms. The predicted molar refractivity (Wildman–Crippen MR) is 96.4 cm³/mol. The molecule has 0 saturated carbocycles. The van der Waals surface area contributed by atoms with Gasteiger partial charge in [0.2, 0.25) is 0 Å². The van der Waals surface area contributed by atoms with E-state index in [-0.39, 0.29) is 18.7 Å². The van der Waals surface area contributed by atoms with Gasteiger partial charge in [-0.05, 0) is 24.6 Å². The maximum Gasteiger partial charge on any atom is 0.152 e. The minimum absolute atomic E-state index is 0.0503. The Hall–Kier alpha value is -2.67. The first-order valence-corrected chi connectivity index (χ1v) is 8.69. The van der Waals surface area contributed by atoms with Crippen molar-refractivity contribution in [1.82, 2.24) is 24.6 Å². The molecule has 4 rings (SSSR count). The smallest absolute Gasteiger partial charge is 0.152 e. The summed E-state index contributed by atoms with van der Waals surface area (Å²) in [6, 6.07) is 5.76. The van der Waals surface area contributed by atoms with Crippen molar-refractivity contribution < 1.29 is 9.18 Å². The first-order chi connectivity index (χ1) is 12.6. The SMILES string of the molecule is Cn1cc(-c2ccc3cnc(CC(=O)CN4CC[C@@H](F)C4)cc3n2)cn1. The minimum atomic E-state index is -0.809. The molecule has 1 aliphatic rings. The van der Waals surface area contributed by atoms with Gasteiger partial charge >= 0.3 is 0 Å². The molecule has 0 aromatic carbocycles. The van der Waals surface area contributed by atoms with Crippen LogP contribution in [0.2, 0.25) is 0 Å². The summed E-state index contributed by atoms with van der Waals surface area (Å²) >= 11 is 0. The van der Waals surface area contributed by atoms with E-state index in [1.54, 1.807) is 17.1 Å². The predicted octanol–water partition coefficient (Wildman–Crippen LogP) is 2.19. The van der Waals surface area contributed by atoms with Crippen LogP contribution >= 0.6 is 0 Å². The second-order valence-corrected chi connectivity index (χ2v) is 6.80. The fraction of sp³-hybridized carbons (Fsp3) is 0.368. The number of pyridine rings is 2. The molecule has 3 aromatic heterocycles. The Balaban J connectivity index is 1.51. The maximum absolute atomic E-state index is 13.2. The van der Waals surface area contributed by atoms with Crippen LogP contribution < -0.4 is 0 Å². The molecule has 0 N–H and O–H groups in total. The van der Waals surface area contributed by atoms with Crippen LogP contribution in [0.15, 0.2) is 36.8 Å². The number of aromatic nitrogens is 4. The molecule has 0 amide bonds. The maximum atomic E-state index is 13.2. The quantitative estimate of drug-likeness (QED) is 0.703. The number of halogens is 1.